The number of nitrogens with one attached hydrogen (secondary N) is 2. The van der Waals surface area contributed by atoms with E-state index in [1.54, 1.807) is 24.3 Å². The summed E-state index contributed by atoms with van der Waals surface area (Å²) in [5.41, 5.74) is 1.47. The number of esters is 1. The van der Waals surface area contributed by atoms with Crippen molar-refractivity contribution in [2.45, 2.75) is 11.8 Å². The Morgan fingerprint density at radius 1 is 1.21 bits per heavy atom. The number of rotatable bonds is 8. The molecule has 11 nitrogen and oxygen atoms in total. The summed E-state index contributed by atoms with van der Waals surface area (Å²) in [6, 6.07) is 14.3. The van der Waals surface area contributed by atoms with E-state index in [0.717, 1.165) is 4.31 Å². The molecule has 0 atom stereocenters. The first kappa shape index (κ1) is 24.4. The first-order chi connectivity index (χ1) is 16.1. The molecule has 0 spiro atoms. The number of carbonyl (C=O) groups is 2. The number of aliphatic hydroxyl groups excluding tert-OH is 1. The zero-order valence-corrected chi connectivity index (χ0v) is 19.1. The van der Waals surface area contributed by atoms with Crippen molar-refractivity contribution < 1.29 is 27.9 Å². The van der Waals surface area contributed by atoms with E-state index in [0.29, 0.717) is 16.7 Å². The molecule has 176 valence electrons. The molecule has 1 amide bonds. The first-order valence-electron chi connectivity index (χ1n) is 9.88. The van der Waals surface area contributed by atoms with E-state index in [9.17, 15) is 28.4 Å². The number of amides is 1. The molecule has 0 radical (unpaired) electrons. The van der Waals surface area contributed by atoms with Crippen LogP contribution in [0.1, 0.15) is 12.7 Å². The third-order valence-electron chi connectivity index (χ3n) is 4.63. The molecule has 2 aromatic carbocycles. The lowest BCUT2D eigenvalue weighted by Gasteiger charge is -2.16. The number of carbonyl (C=O) groups excluding carboxylic acids is 2. The second-order valence-electron chi connectivity index (χ2n) is 7.16. The highest BCUT2D eigenvalue weighted by Crippen LogP contribution is 2.20. The number of sulfonamides is 1. The Bertz CT molecular complexity index is 1370. The van der Waals surface area contributed by atoms with Crippen LogP contribution in [-0.4, -0.2) is 59.9 Å². The number of nitriles is 1. The second kappa shape index (κ2) is 10.2. The average Bonchev–Trinajstić information content (AvgIpc) is 3.21. The van der Waals surface area contributed by atoms with Crippen molar-refractivity contribution in [2.75, 3.05) is 25.5 Å². The van der Waals surface area contributed by atoms with Gasteiger partial charge in [-0.05, 0) is 36.4 Å². The van der Waals surface area contributed by atoms with Gasteiger partial charge >= 0.3 is 5.97 Å². The van der Waals surface area contributed by atoms with E-state index < -0.39 is 34.9 Å². The van der Waals surface area contributed by atoms with Crippen LogP contribution < -0.4 is 5.32 Å². The maximum Gasteiger partial charge on any atom is 0.321 e. The van der Waals surface area contributed by atoms with E-state index in [1.165, 1.54) is 38.2 Å². The Morgan fingerprint density at radius 3 is 2.50 bits per heavy atom. The van der Waals surface area contributed by atoms with Crippen molar-refractivity contribution in [1.29, 1.82) is 5.26 Å². The van der Waals surface area contributed by atoms with Gasteiger partial charge in [-0.15, -0.1) is 0 Å². The van der Waals surface area contributed by atoms with Crippen LogP contribution in [0.5, 0.6) is 0 Å². The van der Waals surface area contributed by atoms with Gasteiger partial charge in [0.2, 0.25) is 15.9 Å². The minimum Gasteiger partial charge on any atom is -0.507 e. The standard InChI is InChI=1S/C22H21N5O6S/c1-14(28)24-15-7-9-16(10-8-15)34(31,32)27(2)12-21(30)33-13-20(29)17(11-23)22-25-18-5-3-4-6-19(18)26-22/h3-10,29H,12-13H2,1-2H3,(H,24,28)(H,25,26)/b20-17-. The number of allylic oxidation sites excluding steroid dienone is 1. The fourth-order valence-corrected chi connectivity index (χ4v) is 4.07. The number of benzene rings is 2. The lowest BCUT2D eigenvalue weighted by Crippen LogP contribution is -2.33. The van der Waals surface area contributed by atoms with Crippen LogP contribution in [0.2, 0.25) is 0 Å². The minimum atomic E-state index is -4.02. The second-order valence-corrected chi connectivity index (χ2v) is 9.21. The average molecular weight is 484 g/mol. The van der Waals surface area contributed by atoms with E-state index in [1.807, 2.05) is 6.07 Å². The highest BCUT2D eigenvalue weighted by Gasteiger charge is 2.24. The van der Waals surface area contributed by atoms with Gasteiger partial charge in [0, 0.05) is 19.7 Å². The monoisotopic (exact) mass is 483 g/mol. The molecule has 0 unspecified atom stereocenters. The number of fused-ring (bicyclic) bond motifs is 1. The molecule has 0 bridgehead atoms. The molecular formula is C22H21N5O6S. The molecular weight excluding hydrogens is 462 g/mol. The molecule has 12 heteroatoms. The molecule has 0 aliphatic carbocycles. The number of ether oxygens (including phenoxy) is 1. The van der Waals surface area contributed by atoms with Gasteiger partial charge in [-0.2, -0.15) is 9.57 Å². The Balaban J connectivity index is 1.64. The van der Waals surface area contributed by atoms with Crippen molar-refractivity contribution in [3.63, 3.8) is 0 Å². The molecule has 3 N–H and O–H groups in total. The van der Waals surface area contributed by atoms with Crippen molar-refractivity contribution >= 4 is 44.2 Å². The Kier molecular flexibility index (Phi) is 7.30. The molecule has 1 heterocycles. The van der Waals surface area contributed by atoms with Crippen molar-refractivity contribution in [2.24, 2.45) is 0 Å². The fraction of sp³-hybridized carbons (Fsp3) is 0.182. The number of aromatic nitrogens is 2. The van der Waals surface area contributed by atoms with Gasteiger partial charge in [0.05, 0.1) is 15.9 Å². The summed E-state index contributed by atoms with van der Waals surface area (Å²) in [6.45, 7) is 0.0565. The van der Waals surface area contributed by atoms with Gasteiger partial charge in [0.1, 0.15) is 24.8 Å². The van der Waals surface area contributed by atoms with Gasteiger partial charge < -0.3 is 20.1 Å². The fourth-order valence-electron chi connectivity index (χ4n) is 2.95. The topological polar surface area (TPSA) is 165 Å². The molecule has 0 fully saturated rings. The highest BCUT2D eigenvalue weighted by molar-refractivity contribution is 7.89. The summed E-state index contributed by atoms with van der Waals surface area (Å²) in [7, 11) is -2.82. The van der Waals surface area contributed by atoms with Crippen LogP contribution in [0.15, 0.2) is 59.2 Å². The summed E-state index contributed by atoms with van der Waals surface area (Å²) < 4.78 is 31.1. The summed E-state index contributed by atoms with van der Waals surface area (Å²) in [6.07, 6.45) is 0. The number of anilines is 1. The Labute approximate surface area is 195 Å². The number of H-pyrrole nitrogens is 1. The van der Waals surface area contributed by atoms with Crippen molar-refractivity contribution in [3.05, 3.63) is 60.1 Å². The number of para-hydroxylation sites is 2. The lowest BCUT2D eigenvalue weighted by molar-refractivity contribution is -0.143. The zero-order chi connectivity index (χ0) is 24.9. The van der Waals surface area contributed by atoms with E-state index >= 15 is 0 Å². The van der Waals surface area contributed by atoms with Gasteiger partial charge in [-0.25, -0.2) is 13.4 Å². The zero-order valence-electron chi connectivity index (χ0n) is 18.3. The van der Waals surface area contributed by atoms with Gasteiger partial charge in [0.15, 0.2) is 11.6 Å². The number of likely N-dealkylation sites (N-methyl/N-ethyl adjacent to an activating group) is 1. The molecule has 3 aromatic rings. The third kappa shape index (κ3) is 5.58. The number of nitrogens with zero attached hydrogens (tertiary/aromatic N) is 3. The molecule has 0 saturated carbocycles. The SMILES string of the molecule is CC(=O)Nc1ccc(S(=O)(=O)N(C)CC(=O)OC/C(O)=C(\C#N)c2nc3ccccc3[nH]2)cc1. The third-order valence-corrected chi connectivity index (χ3v) is 6.45. The number of imidazole rings is 1. The number of hydrogen-bond donors (Lipinski definition) is 3. The molecule has 34 heavy (non-hydrogen) atoms. The quantitative estimate of drug-likeness (QED) is 0.249. The highest BCUT2D eigenvalue weighted by atomic mass is 32.2. The Hall–Kier alpha value is -4.21. The van der Waals surface area contributed by atoms with Crippen LogP contribution in [0.4, 0.5) is 5.69 Å². The molecule has 0 aliphatic heterocycles. The van der Waals surface area contributed by atoms with Gasteiger partial charge in [0.25, 0.3) is 0 Å². The summed E-state index contributed by atoms with van der Waals surface area (Å²) in [5.74, 6) is -1.66. The molecule has 0 aliphatic rings. The summed E-state index contributed by atoms with van der Waals surface area (Å²) in [4.78, 5) is 30.3. The van der Waals surface area contributed by atoms with Crippen LogP contribution in [0, 0.1) is 11.3 Å². The summed E-state index contributed by atoms with van der Waals surface area (Å²) in [5, 5.41) is 22.2. The molecule has 3 rings (SSSR count). The van der Waals surface area contributed by atoms with E-state index in [2.05, 4.69) is 15.3 Å². The number of aromatic amines is 1. The van der Waals surface area contributed by atoms with Crippen molar-refractivity contribution in [3.8, 4) is 6.07 Å². The minimum absolute atomic E-state index is 0.0868. The van der Waals surface area contributed by atoms with E-state index in [4.69, 9.17) is 4.74 Å². The van der Waals surface area contributed by atoms with Crippen LogP contribution >= 0.6 is 0 Å². The van der Waals surface area contributed by atoms with Gasteiger partial charge in [-0.3, -0.25) is 9.59 Å². The molecule has 0 saturated heterocycles. The van der Waals surface area contributed by atoms with Gasteiger partial charge in [-0.1, -0.05) is 12.1 Å². The molecule has 1 aromatic heterocycles. The smallest absolute Gasteiger partial charge is 0.321 e. The summed E-state index contributed by atoms with van der Waals surface area (Å²) >= 11 is 0. The maximum absolute atomic E-state index is 12.7. The van der Waals surface area contributed by atoms with Crippen LogP contribution in [0.25, 0.3) is 16.6 Å². The number of aliphatic hydroxyl groups is 1. The Morgan fingerprint density at radius 2 is 1.88 bits per heavy atom. The van der Waals surface area contributed by atoms with Crippen LogP contribution in [-0.2, 0) is 24.3 Å². The van der Waals surface area contributed by atoms with E-state index in [-0.39, 0.29) is 22.2 Å². The van der Waals surface area contributed by atoms with Crippen molar-refractivity contribution in [1.82, 2.24) is 14.3 Å². The number of hydrogen-bond acceptors (Lipinski definition) is 8. The first-order valence-corrected chi connectivity index (χ1v) is 11.3. The lowest BCUT2D eigenvalue weighted by atomic mass is 10.2. The largest absolute Gasteiger partial charge is 0.507 e. The predicted octanol–water partition coefficient (Wildman–Crippen LogP) is 2.18. The van der Waals surface area contributed by atoms with Crippen LogP contribution in [0.3, 0.4) is 0 Å². The normalized spacial score (nSPS) is 12.2. The maximum atomic E-state index is 12.7. The predicted molar refractivity (Wildman–Crippen MR) is 123 cm³/mol.